The van der Waals surface area contributed by atoms with Crippen LogP contribution in [0, 0.1) is 15.9 Å². The molecule has 0 aliphatic carbocycles. The molecule has 1 N–H and O–H groups in total. The monoisotopic (exact) mass is 297 g/mol. The molecular formula is C12H8FNO5S. The summed E-state index contributed by atoms with van der Waals surface area (Å²) in [6, 6.07) is 4.31. The molecule has 0 amide bonds. The molecular weight excluding hydrogens is 289 g/mol. The largest absolute Gasteiger partial charge is 0.482 e. The minimum atomic E-state index is -1.06. The maximum Gasteiger partial charge on any atom is 0.345 e. The van der Waals surface area contributed by atoms with Crippen molar-refractivity contribution in [2.45, 2.75) is 6.61 Å². The van der Waals surface area contributed by atoms with Crippen LogP contribution in [0.15, 0.2) is 29.6 Å². The molecule has 2 rings (SSSR count). The Balaban J connectivity index is 2.15. The van der Waals surface area contributed by atoms with E-state index in [1.165, 1.54) is 6.07 Å². The van der Waals surface area contributed by atoms with E-state index in [4.69, 9.17) is 9.84 Å². The van der Waals surface area contributed by atoms with Crippen LogP contribution in [0.4, 0.5) is 10.1 Å². The van der Waals surface area contributed by atoms with Gasteiger partial charge in [-0.3, -0.25) is 10.1 Å². The fourth-order valence-corrected chi connectivity index (χ4v) is 2.21. The predicted molar refractivity (Wildman–Crippen MR) is 68.7 cm³/mol. The minimum absolute atomic E-state index is 0.0753. The first-order chi connectivity index (χ1) is 9.47. The second-order valence-corrected chi connectivity index (χ2v) is 4.69. The molecule has 0 radical (unpaired) electrons. The van der Waals surface area contributed by atoms with Crippen LogP contribution in [0.2, 0.25) is 0 Å². The second-order valence-electron chi connectivity index (χ2n) is 3.78. The highest BCUT2D eigenvalue weighted by molar-refractivity contribution is 7.12. The van der Waals surface area contributed by atoms with E-state index >= 15 is 0 Å². The summed E-state index contributed by atoms with van der Waals surface area (Å²) in [5, 5.41) is 21.1. The molecule has 0 unspecified atom stereocenters. The summed E-state index contributed by atoms with van der Waals surface area (Å²) in [4.78, 5) is 20.9. The van der Waals surface area contributed by atoms with E-state index < -0.39 is 16.7 Å². The lowest BCUT2D eigenvalue weighted by Crippen LogP contribution is -1.99. The number of hydrogen-bond donors (Lipinski definition) is 1. The van der Waals surface area contributed by atoms with Crippen molar-refractivity contribution in [1.82, 2.24) is 0 Å². The van der Waals surface area contributed by atoms with Crippen LogP contribution in [0.5, 0.6) is 5.75 Å². The van der Waals surface area contributed by atoms with E-state index in [1.807, 2.05) is 0 Å². The Kier molecular flexibility index (Phi) is 3.94. The Bertz CT molecular complexity index is 670. The molecule has 1 aromatic heterocycles. The number of hydrogen-bond acceptors (Lipinski definition) is 5. The summed E-state index contributed by atoms with van der Waals surface area (Å²) in [6.07, 6.45) is 0. The third kappa shape index (κ3) is 3.09. The SMILES string of the molecule is O=C(O)c1cc(COc2cc(F)ccc2[N+](=O)[O-])cs1. The van der Waals surface area contributed by atoms with E-state index in [2.05, 4.69) is 0 Å². The van der Waals surface area contributed by atoms with Gasteiger partial charge in [0, 0.05) is 17.7 Å². The number of carboxylic acid groups (broad SMARTS) is 1. The van der Waals surface area contributed by atoms with Crippen LogP contribution < -0.4 is 4.74 Å². The number of aromatic carboxylic acids is 1. The first-order valence-electron chi connectivity index (χ1n) is 5.35. The number of ether oxygens (including phenoxy) is 1. The summed E-state index contributed by atoms with van der Waals surface area (Å²) < 4.78 is 18.3. The number of rotatable bonds is 5. The number of nitro benzene ring substituents is 1. The van der Waals surface area contributed by atoms with Gasteiger partial charge in [0.2, 0.25) is 0 Å². The van der Waals surface area contributed by atoms with Gasteiger partial charge in [-0.15, -0.1) is 11.3 Å². The van der Waals surface area contributed by atoms with E-state index in [9.17, 15) is 19.3 Å². The lowest BCUT2D eigenvalue weighted by Gasteiger charge is -2.05. The molecule has 0 saturated heterocycles. The topological polar surface area (TPSA) is 89.7 Å². The Morgan fingerprint density at radius 3 is 2.80 bits per heavy atom. The van der Waals surface area contributed by atoms with E-state index in [0.29, 0.717) is 5.56 Å². The number of nitro groups is 1. The zero-order valence-electron chi connectivity index (χ0n) is 9.91. The molecule has 104 valence electrons. The van der Waals surface area contributed by atoms with Crippen LogP contribution in [0.3, 0.4) is 0 Å². The minimum Gasteiger partial charge on any atom is -0.482 e. The molecule has 8 heteroatoms. The van der Waals surface area contributed by atoms with Gasteiger partial charge in [0.15, 0.2) is 5.75 Å². The maximum absolute atomic E-state index is 13.1. The van der Waals surface area contributed by atoms with Crippen LogP contribution in [-0.2, 0) is 6.61 Å². The van der Waals surface area contributed by atoms with Crippen molar-refractivity contribution in [3.05, 3.63) is 56.0 Å². The highest BCUT2D eigenvalue weighted by Crippen LogP contribution is 2.28. The second kappa shape index (κ2) is 5.66. The zero-order valence-corrected chi connectivity index (χ0v) is 10.7. The number of halogens is 1. The molecule has 0 fully saturated rings. The zero-order chi connectivity index (χ0) is 14.7. The highest BCUT2D eigenvalue weighted by Gasteiger charge is 2.16. The van der Waals surface area contributed by atoms with Gasteiger partial charge in [0.1, 0.15) is 17.3 Å². The molecule has 6 nitrogen and oxygen atoms in total. The normalized spacial score (nSPS) is 10.2. The van der Waals surface area contributed by atoms with Crippen LogP contribution in [0.25, 0.3) is 0 Å². The Morgan fingerprint density at radius 1 is 1.45 bits per heavy atom. The van der Waals surface area contributed by atoms with E-state index in [1.54, 1.807) is 5.38 Å². The lowest BCUT2D eigenvalue weighted by molar-refractivity contribution is -0.386. The molecule has 0 bridgehead atoms. The van der Waals surface area contributed by atoms with Crippen molar-refractivity contribution in [2.75, 3.05) is 0 Å². The first-order valence-corrected chi connectivity index (χ1v) is 6.23. The fourth-order valence-electron chi connectivity index (χ4n) is 1.48. The third-order valence-corrected chi connectivity index (χ3v) is 3.34. The van der Waals surface area contributed by atoms with Crippen molar-refractivity contribution < 1.29 is 24.0 Å². The van der Waals surface area contributed by atoms with Crippen molar-refractivity contribution in [2.24, 2.45) is 0 Å². The predicted octanol–water partition coefficient (Wildman–Crippen LogP) is 3.07. The average molecular weight is 297 g/mol. The molecule has 0 aliphatic heterocycles. The average Bonchev–Trinajstić information content (AvgIpc) is 2.85. The maximum atomic E-state index is 13.1. The van der Waals surface area contributed by atoms with Gasteiger partial charge in [-0.1, -0.05) is 0 Å². The summed E-state index contributed by atoms with van der Waals surface area (Å²) in [6.45, 7) is -0.0753. The number of thiophene rings is 1. The van der Waals surface area contributed by atoms with Gasteiger partial charge in [-0.05, 0) is 17.5 Å². The molecule has 0 aliphatic rings. The van der Waals surface area contributed by atoms with Gasteiger partial charge >= 0.3 is 11.7 Å². The third-order valence-electron chi connectivity index (χ3n) is 2.38. The molecule has 20 heavy (non-hydrogen) atoms. The van der Waals surface area contributed by atoms with Crippen LogP contribution >= 0.6 is 11.3 Å². The molecule has 0 spiro atoms. The molecule has 0 atom stereocenters. The quantitative estimate of drug-likeness (QED) is 0.676. The van der Waals surface area contributed by atoms with E-state index in [-0.39, 0.29) is 22.9 Å². The van der Waals surface area contributed by atoms with Gasteiger partial charge in [0.05, 0.1) is 4.92 Å². The molecule has 2 aromatic rings. The first kappa shape index (κ1) is 13.9. The van der Waals surface area contributed by atoms with E-state index in [0.717, 1.165) is 29.5 Å². The van der Waals surface area contributed by atoms with Crippen molar-refractivity contribution in [1.29, 1.82) is 0 Å². The van der Waals surface area contributed by atoms with Crippen LogP contribution in [0.1, 0.15) is 15.2 Å². The summed E-state index contributed by atoms with van der Waals surface area (Å²) in [7, 11) is 0. The fraction of sp³-hybridized carbons (Fsp3) is 0.0833. The van der Waals surface area contributed by atoms with Gasteiger partial charge in [-0.25, -0.2) is 9.18 Å². The number of nitrogens with zero attached hydrogens (tertiary/aromatic N) is 1. The number of carbonyl (C=O) groups is 1. The molecule has 0 saturated carbocycles. The molecule has 1 aromatic carbocycles. The summed E-state index contributed by atoms with van der Waals surface area (Å²) >= 11 is 1.02. The van der Waals surface area contributed by atoms with Crippen molar-refractivity contribution >= 4 is 23.0 Å². The smallest absolute Gasteiger partial charge is 0.345 e. The summed E-state index contributed by atoms with van der Waals surface area (Å²) in [5.41, 5.74) is 0.200. The molecule has 1 heterocycles. The number of benzene rings is 1. The van der Waals surface area contributed by atoms with Gasteiger partial charge in [-0.2, -0.15) is 0 Å². The van der Waals surface area contributed by atoms with Crippen LogP contribution in [-0.4, -0.2) is 16.0 Å². The Labute approximate surface area is 116 Å². The Hall–Kier alpha value is -2.48. The van der Waals surface area contributed by atoms with Gasteiger partial charge < -0.3 is 9.84 Å². The summed E-state index contributed by atoms with van der Waals surface area (Å²) in [5.74, 6) is -1.90. The van der Waals surface area contributed by atoms with Gasteiger partial charge in [0.25, 0.3) is 0 Å². The Morgan fingerprint density at radius 2 is 2.20 bits per heavy atom. The highest BCUT2D eigenvalue weighted by atomic mass is 32.1. The van der Waals surface area contributed by atoms with Crippen molar-refractivity contribution in [3.8, 4) is 5.75 Å². The lowest BCUT2D eigenvalue weighted by atomic mass is 10.3. The standard InChI is InChI=1S/C12H8FNO5S/c13-8-1-2-9(14(17)18)10(4-8)19-5-7-3-11(12(15)16)20-6-7/h1-4,6H,5H2,(H,15,16). The number of carboxylic acids is 1. The van der Waals surface area contributed by atoms with Crippen molar-refractivity contribution in [3.63, 3.8) is 0 Å².